The first-order valence-electron chi connectivity index (χ1n) is 10.2. The molecule has 29 heavy (non-hydrogen) atoms. The SMILES string of the molecule is COC(=O)[C@H](c1ccc(Cl)cc1)N1CCN(C[C@H](O)COC[C@@H]2CCCO2)CC1. The van der Waals surface area contributed by atoms with Crippen LogP contribution in [0.2, 0.25) is 5.02 Å². The molecule has 7 nitrogen and oxygen atoms in total. The molecule has 0 aromatic heterocycles. The lowest BCUT2D eigenvalue weighted by molar-refractivity contribution is -0.148. The van der Waals surface area contributed by atoms with E-state index in [4.69, 9.17) is 25.8 Å². The Hall–Kier alpha value is -1.22. The Kier molecular flexibility index (Phi) is 8.71. The van der Waals surface area contributed by atoms with Crippen LogP contribution in [-0.2, 0) is 19.0 Å². The predicted molar refractivity (Wildman–Crippen MR) is 110 cm³/mol. The summed E-state index contributed by atoms with van der Waals surface area (Å²) in [5.74, 6) is -0.275. The molecule has 8 heteroatoms. The van der Waals surface area contributed by atoms with Crippen LogP contribution in [0.25, 0.3) is 0 Å². The molecule has 2 saturated heterocycles. The zero-order valence-electron chi connectivity index (χ0n) is 17.0. The summed E-state index contributed by atoms with van der Waals surface area (Å²) in [5, 5.41) is 10.9. The van der Waals surface area contributed by atoms with E-state index in [-0.39, 0.29) is 12.1 Å². The summed E-state index contributed by atoms with van der Waals surface area (Å²) in [6.45, 7) is 5.19. The van der Waals surface area contributed by atoms with E-state index in [1.54, 1.807) is 12.1 Å². The van der Waals surface area contributed by atoms with E-state index < -0.39 is 12.1 Å². The number of nitrogens with zero attached hydrogens (tertiary/aromatic N) is 2. The molecule has 2 aliphatic rings. The Labute approximate surface area is 177 Å². The van der Waals surface area contributed by atoms with Gasteiger partial charge in [-0.3, -0.25) is 9.80 Å². The van der Waals surface area contributed by atoms with Gasteiger partial charge in [-0.25, -0.2) is 4.79 Å². The van der Waals surface area contributed by atoms with Crippen molar-refractivity contribution in [3.05, 3.63) is 34.9 Å². The summed E-state index contributed by atoms with van der Waals surface area (Å²) in [6, 6.07) is 6.86. The number of hydrogen-bond donors (Lipinski definition) is 1. The van der Waals surface area contributed by atoms with E-state index in [0.29, 0.717) is 37.9 Å². The Morgan fingerprint density at radius 1 is 1.28 bits per heavy atom. The van der Waals surface area contributed by atoms with Gasteiger partial charge in [0, 0.05) is 44.4 Å². The van der Waals surface area contributed by atoms with E-state index in [1.807, 2.05) is 12.1 Å². The lowest BCUT2D eigenvalue weighted by Crippen LogP contribution is -2.51. The molecule has 1 aromatic rings. The Morgan fingerprint density at radius 2 is 2.00 bits per heavy atom. The average molecular weight is 427 g/mol. The van der Waals surface area contributed by atoms with Crippen LogP contribution in [0.4, 0.5) is 0 Å². The van der Waals surface area contributed by atoms with Crippen molar-refractivity contribution >= 4 is 17.6 Å². The highest BCUT2D eigenvalue weighted by molar-refractivity contribution is 6.30. The number of methoxy groups -OCH3 is 1. The molecule has 0 spiro atoms. The fourth-order valence-electron chi connectivity index (χ4n) is 3.92. The number of benzene rings is 1. The number of aliphatic hydroxyl groups excluding tert-OH is 1. The van der Waals surface area contributed by atoms with E-state index in [2.05, 4.69) is 9.80 Å². The number of esters is 1. The molecule has 2 heterocycles. The molecule has 0 saturated carbocycles. The fraction of sp³-hybridized carbons (Fsp3) is 0.667. The first-order valence-corrected chi connectivity index (χ1v) is 10.6. The van der Waals surface area contributed by atoms with Crippen LogP contribution in [0.5, 0.6) is 0 Å². The zero-order chi connectivity index (χ0) is 20.6. The summed E-state index contributed by atoms with van der Waals surface area (Å²) >= 11 is 5.98. The number of hydrogen-bond acceptors (Lipinski definition) is 7. The minimum absolute atomic E-state index is 0.175. The van der Waals surface area contributed by atoms with Crippen LogP contribution in [-0.4, -0.2) is 92.7 Å². The number of piperazine rings is 1. The standard InChI is InChI=1S/C21H31ClN2O5/c1-27-21(26)20(16-4-6-17(22)7-5-16)24-10-8-23(9-11-24)13-18(25)14-28-15-19-3-2-12-29-19/h4-7,18-20,25H,2-3,8-15H2,1H3/t18-,19-,20-/m0/s1. The number of halogens is 1. The normalized spacial score (nSPS) is 23.1. The van der Waals surface area contributed by atoms with Crippen molar-refractivity contribution in [2.75, 3.05) is 59.7 Å². The first kappa shape index (κ1) is 22.5. The lowest BCUT2D eigenvalue weighted by Gasteiger charge is -2.38. The van der Waals surface area contributed by atoms with Crippen molar-refractivity contribution in [1.82, 2.24) is 9.80 Å². The van der Waals surface area contributed by atoms with Gasteiger partial charge in [-0.05, 0) is 30.5 Å². The molecule has 1 N–H and O–H groups in total. The number of rotatable bonds is 9. The van der Waals surface area contributed by atoms with Gasteiger partial charge in [0.1, 0.15) is 6.04 Å². The van der Waals surface area contributed by atoms with Gasteiger partial charge in [0.2, 0.25) is 0 Å². The molecule has 3 atom stereocenters. The second kappa shape index (κ2) is 11.2. The van der Waals surface area contributed by atoms with E-state index in [9.17, 15) is 9.90 Å². The highest BCUT2D eigenvalue weighted by Gasteiger charge is 2.31. The average Bonchev–Trinajstić information content (AvgIpc) is 3.24. The third-order valence-corrected chi connectivity index (χ3v) is 5.74. The minimum atomic E-state index is -0.532. The van der Waals surface area contributed by atoms with Crippen molar-refractivity contribution in [1.29, 1.82) is 0 Å². The maximum Gasteiger partial charge on any atom is 0.327 e. The van der Waals surface area contributed by atoms with Crippen LogP contribution in [0, 0.1) is 0 Å². The first-order chi connectivity index (χ1) is 14.1. The van der Waals surface area contributed by atoms with Crippen molar-refractivity contribution in [2.24, 2.45) is 0 Å². The summed E-state index contributed by atoms with van der Waals surface area (Å²) in [6.07, 6.45) is 1.76. The Morgan fingerprint density at radius 3 is 2.62 bits per heavy atom. The number of carbonyl (C=O) groups is 1. The summed E-state index contributed by atoms with van der Waals surface area (Å²) in [7, 11) is 1.41. The molecule has 0 unspecified atom stereocenters. The third-order valence-electron chi connectivity index (χ3n) is 5.49. The Bertz CT molecular complexity index is 630. The number of β-amino-alcohol motifs (C(OH)–C–C–N with tert-alkyl or cyclic N) is 1. The lowest BCUT2D eigenvalue weighted by atomic mass is 10.0. The number of aliphatic hydroxyl groups is 1. The monoisotopic (exact) mass is 426 g/mol. The highest BCUT2D eigenvalue weighted by Crippen LogP contribution is 2.25. The number of carbonyl (C=O) groups excluding carboxylic acids is 1. The highest BCUT2D eigenvalue weighted by atomic mass is 35.5. The van der Waals surface area contributed by atoms with Gasteiger partial charge >= 0.3 is 5.97 Å². The minimum Gasteiger partial charge on any atom is -0.468 e. The Balaban J connectivity index is 1.45. The molecular weight excluding hydrogens is 396 g/mol. The fourth-order valence-corrected chi connectivity index (χ4v) is 4.04. The van der Waals surface area contributed by atoms with Gasteiger partial charge in [-0.15, -0.1) is 0 Å². The van der Waals surface area contributed by atoms with Crippen LogP contribution in [0.1, 0.15) is 24.4 Å². The molecule has 0 aliphatic carbocycles. The molecule has 0 bridgehead atoms. The molecule has 1 aromatic carbocycles. The smallest absolute Gasteiger partial charge is 0.327 e. The van der Waals surface area contributed by atoms with Crippen LogP contribution >= 0.6 is 11.6 Å². The largest absolute Gasteiger partial charge is 0.468 e. The van der Waals surface area contributed by atoms with Crippen molar-refractivity contribution in [3.8, 4) is 0 Å². The van der Waals surface area contributed by atoms with Gasteiger partial charge in [0.15, 0.2) is 0 Å². The van der Waals surface area contributed by atoms with Gasteiger partial charge in [0.05, 0.1) is 32.5 Å². The number of ether oxygens (including phenoxy) is 3. The van der Waals surface area contributed by atoms with Crippen LogP contribution < -0.4 is 0 Å². The van der Waals surface area contributed by atoms with Gasteiger partial charge in [-0.2, -0.15) is 0 Å². The van der Waals surface area contributed by atoms with Crippen molar-refractivity contribution in [3.63, 3.8) is 0 Å². The maximum atomic E-state index is 12.4. The topological polar surface area (TPSA) is 71.5 Å². The molecule has 2 fully saturated rings. The van der Waals surface area contributed by atoms with Gasteiger partial charge < -0.3 is 19.3 Å². The van der Waals surface area contributed by atoms with Crippen LogP contribution in [0.3, 0.4) is 0 Å². The van der Waals surface area contributed by atoms with E-state index >= 15 is 0 Å². The van der Waals surface area contributed by atoms with Crippen LogP contribution in [0.15, 0.2) is 24.3 Å². The van der Waals surface area contributed by atoms with Gasteiger partial charge in [0.25, 0.3) is 0 Å². The summed E-state index contributed by atoms with van der Waals surface area (Å²) in [5.41, 5.74) is 0.872. The summed E-state index contributed by atoms with van der Waals surface area (Å²) in [4.78, 5) is 16.7. The predicted octanol–water partition coefficient (Wildman–Crippen LogP) is 1.73. The third kappa shape index (κ3) is 6.64. The second-order valence-corrected chi connectivity index (χ2v) is 8.08. The van der Waals surface area contributed by atoms with E-state index in [1.165, 1.54) is 7.11 Å². The molecule has 0 radical (unpaired) electrons. The molecule has 3 rings (SSSR count). The molecule has 0 amide bonds. The maximum absolute atomic E-state index is 12.4. The van der Waals surface area contributed by atoms with Crippen molar-refractivity contribution in [2.45, 2.75) is 31.1 Å². The quantitative estimate of drug-likeness (QED) is 0.603. The molecule has 2 aliphatic heterocycles. The van der Waals surface area contributed by atoms with Gasteiger partial charge in [-0.1, -0.05) is 23.7 Å². The van der Waals surface area contributed by atoms with E-state index in [0.717, 1.165) is 38.1 Å². The molecular formula is C21H31ClN2O5. The summed E-state index contributed by atoms with van der Waals surface area (Å²) < 4.78 is 16.2. The zero-order valence-corrected chi connectivity index (χ0v) is 17.7. The molecule has 162 valence electrons. The second-order valence-electron chi connectivity index (χ2n) is 7.64. The van der Waals surface area contributed by atoms with Crippen molar-refractivity contribution < 1.29 is 24.1 Å².